The van der Waals surface area contributed by atoms with Crippen molar-refractivity contribution >= 4 is 11.1 Å². The fourth-order valence-corrected chi connectivity index (χ4v) is 4.87. The molecule has 38 heavy (non-hydrogen) atoms. The first-order chi connectivity index (χ1) is 18.2. The van der Waals surface area contributed by atoms with Crippen LogP contribution >= 0.6 is 0 Å². The van der Waals surface area contributed by atoms with E-state index in [1.54, 1.807) is 30.3 Å². The molecule has 0 radical (unpaired) electrons. The van der Waals surface area contributed by atoms with Crippen LogP contribution in [-0.4, -0.2) is 49.3 Å². The number of fused-ring (bicyclic) bond motifs is 1. The lowest BCUT2D eigenvalue weighted by atomic mass is 9.86. The molecule has 2 heterocycles. The molecule has 0 amide bonds. The van der Waals surface area contributed by atoms with Gasteiger partial charge in [0.2, 0.25) is 0 Å². The van der Waals surface area contributed by atoms with E-state index in [2.05, 4.69) is 9.64 Å². The van der Waals surface area contributed by atoms with E-state index in [9.17, 15) is 22.7 Å². The number of allylic oxidation sites excluding steroid dienone is 1. The van der Waals surface area contributed by atoms with Gasteiger partial charge in [0.25, 0.3) is 0 Å². The highest BCUT2D eigenvalue weighted by Gasteiger charge is 2.32. The Bertz CT molecular complexity index is 1300. The van der Waals surface area contributed by atoms with Crippen molar-refractivity contribution in [2.45, 2.75) is 19.4 Å². The molecule has 1 saturated heterocycles. The molecule has 2 aliphatic rings. The molecule has 3 aromatic carbocycles. The van der Waals surface area contributed by atoms with Gasteiger partial charge in [0, 0.05) is 42.8 Å². The summed E-state index contributed by atoms with van der Waals surface area (Å²) in [4.78, 5) is 2.15. The summed E-state index contributed by atoms with van der Waals surface area (Å²) < 4.78 is 66.7. The lowest BCUT2D eigenvalue weighted by Crippen LogP contribution is -2.49. The number of nitrogens with zero attached hydrogens (tertiary/aromatic N) is 1. The van der Waals surface area contributed by atoms with Crippen molar-refractivity contribution in [2.24, 2.45) is 5.92 Å². The molecule has 0 aliphatic carbocycles. The van der Waals surface area contributed by atoms with Gasteiger partial charge in [0.05, 0.1) is 6.67 Å². The lowest BCUT2D eigenvalue weighted by Gasteiger charge is -2.37. The second-order valence-electron chi connectivity index (χ2n) is 9.49. The minimum Gasteiger partial charge on any atom is -0.508 e. The molecule has 5 nitrogen and oxygen atoms in total. The van der Waals surface area contributed by atoms with Crippen molar-refractivity contribution in [3.8, 4) is 23.0 Å². The highest BCUT2D eigenvalue weighted by molar-refractivity contribution is 5.95. The van der Waals surface area contributed by atoms with E-state index in [1.807, 2.05) is 31.2 Å². The fraction of sp³-hybridized carbons (Fsp3) is 0.310. The van der Waals surface area contributed by atoms with Gasteiger partial charge in [0.1, 0.15) is 35.7 Å². The van der Waals surface area contributed by atoms with Crippen molar-refractivity contribution in [1.29, 1.82) is 0 Å². The third-order valence-electron chi connectivity index (χ3n) is 6.79. The fourth-order valence-electron chi connectivity index (χ4n) is 4.87. The topological polar surface area (TPSA) is 51.2 Å². The number of halogens is 4. The van der Waals surface area contributed by atoms with E-state index in [1.165, 1.54) is 12.1 Å². The average Bonchev–Trinajstić information content (AvgIpc) is 2.85. The first-order valence-electron chi connectivity index (χ1n) is 12.3. The first kappa shape index (κ1) is 25.9. The van der Waals surface area contributed by atoms with Gasteiger partial charge in [-0.3, -0.25) is 9.29 Å². The third-order valence-corrected chi connectivity index (χ3v) is 6.79. The molecule has 0 spiro atoms. The Kier molecular flexibility index (Phi) is 7.21. The Balaban J connectivity index is 1.38. The van der Waals surface area contributed by atoms with Crippen LogP contribution in [0, 0.1) is 5.92 Å². The van der Waals surface area contributed by atoms with Crippen LogP contribution in [0.5, 0.6) is 23.0 Å². The number of likely N-dealkylation sites (tertiary alicyclic amines) is 1. The Morgan fingerprint density at radius 3 is 2.32 bits per heavy atom. The van der Waals surface area contributed by atoms with E-state index >= 15 is 0 Å². The minimum absolute atomic E-state index is 0.0659. The van der Waals surface area contributed by atoms with Gasteiger partial charge in [-0.2, -0.15) is 0 Å². The molecule has 1 fully saturated rings. The summed E-state index contributed by atoms with van der Waals surface area (Å²) in [6, 6.07) is 18.0. The van der Waals surface area contributed by atoms with Crippen LogP contribution in [0.1, 0.15) is 29.7 Å². The van der Waals surface area contributed by atoms with Gasteiger partial charge in [-0.25, -0.2) is 0 Å². The maximum atomic E-state index is 12.6. The Morgan fingerprint density at radius 2 is 1.66 bits per heavy atom. The van der Waals surface area contributed by atoms with Gasteiger partial charge in [-0.15, -0.1) is 13.2 Å². The molecule has 0 saturated carbocycles. The third kappa shape index (κ3) is 5.72. The van der Waals surface area contributed by atoms with E-state index in [4.69, 9.17) is 9.47 Å². The summed E-state index contributed by atoms with van der Waals surface area (Å²) in [5.74, 6) is 1.08. The zero-order chi connectivity index (χ0) is 26.9. The normalized spacial score (nSPS) is 18.0. The summed E-state index contributed by atoms with van der Waals surface area (Å²) in [6.07, 6.45) is -5.35. The van der Waals surface area contributed by atoms with Crippen LogP contribution in [0.4, 0.5) is 17.6 Å². The molecule has 0 aromatic heterocycles. The van der Waals surface area contributed by atoms with E-state index in [-0.39, 0.29) is 24.1 Å². The van der Waals surface area contributed by atoms with Gasteiger partial charge in [-0.05, 0) is 60.0 Å². The highest BCUT2D eigenvalue weighted by atomic mass is 19.4. The quantitative estimate of drug-likeness (QED) is 0.332. The monoisotopic (exact) mass is 529 g/mol. The molecule has 1 unspecified atom stereocenters. The second-order valence-corrected chi connectivity index (χ2v) is 9.49. The number of benzene rings is 3. The van der Waals surface area contributed by atoms with Crippen molar-refractivity contribution in [2.75, 3.05) is 32.9 Å². The Morgan fingerprint density at radius 1 is 0.974 bits per heavy atom. The van der Waals surface area contributed by atoms with Crippen molar-refractivity contribution in [1.82, 2.24) is 4.90 Å². The average molecular weight is 530 g/mol. The molecule has 3 aromatic rings. The number of ether oxygens (including phenoxy) is 3. The van der Waals surface area contributed by atoms with Crippen LogP contribution < -0.4 is 14.2 Å². The number of hydrogen-bond acceptors (Lipinski definition) is 5. The van der Waals surface area contributed by atoms with Gasteiger partial charge >= 0.3 is 6.36 Å². The van der Waals surface area contributed by atoms with Crippen LogP contribution in [0.25, 0.3) is 11.1 Å². The Hall–Kier alpha value is -3.72. The molecular formula is C29H27F4NO4. The summed E-state index contributed by atoms with van der Waals surface area (Å²) in [5, 5.41) is 10.0. The smallest absolute Gasteiger partial charge is 0.508 e. The number of phenols is 1. The van der Waals surface area contributed by atoms with Crippen molar-refractivity contribution in [3.63, 3.8) is 0 Å². The summed E-state index contributed by atoms with van der Waals surface area (Å²) in [5.41, 5.74) is 3.94. The second kappa shape index (κ2) is 10.6. The highest BCUT2D eigenvalue weighted by Crippen LogP contribution is 2.47. The standard InChI is InChI=1S/C29H27F4NO4/c1-18-25-11-6-22(35)14-26(25)37-28(27(18)20-2-9-24(10-3-20)38-29(31,32)33)21-4-7-23(8-5-21)36-13-12-34-16-19(15-30)17-34/h2-11,14,19,28,35H,12-13,15-17H2,1H3. The predicted molar refractivity (Wildman–Crippen MR) is 135 cm³/mol. The summed E-state index contributed by atoms with van der Waals surface area (Å²) in [6.45, 7) is 4.36. The summed E-state index contributed by atoms with van der Waals surface area (Å²) in [7, 11) is 0. The minimum atomic E-state index is -4.77. The van der Waals surface area contributed by atoms with Gasteiger partial charge in [0.15, 0.2) is 0 Å². The van der Waals surface area contributed by atoms with Crippen molar-refractivity contribution < 1.29 is 36.9 Å². The van der Waals surface area contributed by atoms with Crippen LogP contribution in [0.3, 0.4) is 0 Å². The van der Waals surface area contributed by atoms with Gasteiger partial charge < -0.3 is 19.3 Å². The number of aromatic hydroxyl groups is 1. The maximum absolute atomic E-state index is 12.6. The van der Waals surface area contributed by atoms with Crippen molar-refractivity contribution in [3.05, 3.63) is 83.4 Å². The van der Waals surface area contributed by atoms with E-state index < -0.39 is 12.5 Å². The molecule has 1 N–H and O–H groups in total. The Labute approximate surface area is 217 Å². The summed E-state index contributed by atoms with van der Waals surface area (Å²) >= 11 is 0. The van der Waals surface area contributed by atoms with Crippen LogP contribution in [0.15, 0.2) is 66.7 Å². The number of rotatable bonds is 8. The molecule has 1 atom stereocenters. The largest absolute Gasteiger partial charge is 0.573 e. The zero-order valence-electron chi connectivity index (χ0n) is 20.7. The first-order valence-corrected chi connectivity index (χ1v) is 12.3. The van der Waals surface area contributed by atoms with Crippen LogP contribution in [-0.2, 0) is 0 Å². The molecular weight excluding hydrogens is 502 g/mol. The molecule has 0 bridgehead atoms. The number of phenolic OH excluding ortho intramolecular Hbond substituents is 1. The molecule has 5 rings (SSSR count). The lowest BCUT2D eigenvalue weighted by molar-refractivity contribution is -0.274. The number of hydrogen-bond donors (Lipinski definition) is 1. The maximum Gasteiger partial charge on any atom is 0.573 e. The molecule has 9 heteroatoms. The predicted octanol–water partition coefficient (Wildman–Crippen LogP) is 6.64. The zero-order valence-corrected chi connectivity index (χ0v) is 20.7. The van der Waals surface area contributed by atoms with Crippen LogP contribution in [0.2, 0.25) is 0 Å². The number of alkyl halides is 4. The molecule has 2 aliphatic heterocycles. The van der Waals surface area contributed by atoms with E-state index in [0.717, 1.165) is 41.9 Å². The van der Waals surface area contributed by atoms with E-state index in [0.29, 0.717) is 23.7 Å². The van der Waals surface area contributed by atoms with Gasteiger partial charge in [-0.1, -0.05) is 24.3 Å². The molecule has 200 valence electrons. The SMILES string of the molecule is CC1=C(c2ccc(OC(F)(F)F)cc2)C(c2ccc(OCCN3CC(CF)C3)cc2)Oc2cc(O)ccc21.